The van der Waals surface area contributed by atoms with E-state index in [0.717, 1.165) is 24.2 Å². The van der Waals surface area contributed by atoms with Gasteiger partial charge in [0.1, 0.15) is 11.5 Å². The average molecular weight is 210 g/mol. The zero-order valence-electron chi connectivity index (χ0n) is 9.49. The van der Waals surface area contributed by atoms with Crippen molar-refractivity contribution in [3.63, 3.8) is 0 Å². The summed E-state index contributed by atoms with van der Waals surface area (Å²) in [5, 5.41) is 9.92. The van der Waals surface area contributed by atoms with E-state index in [4.69, 9.17) is 9.47 Å². The van der Waals surface area contributed by atoms with Crippen molar-refractivity contribution >= 4 is 0 Å². The molecule has 0 aliphatic heterocycles. The molecule has 0 aliphatic carbocycles. The van der Waals surface area contributed by atoms with Crippen molar-refractivity contribution in [3.05, 3.63) is 23.8 Å². The average Bonchev–Trinajstić information content (AvgIpc) is 2.28. The van der Waals surface area contributed by atoms with Crippen molar-refractivity contribution in [1.29, 1.82) is 0 Å². The third-order valence-corrected chi connectivity index (χ3v) is 2.36. The highest BCUT2D eigenvalue weighted by Crippen LogP contribution is 2.31. The number of benzene rings is 1. The van der Waals surface area contributed by atoms with E-state index < -0.39 is 6.10 Å². The number of hydrogen-bond donors (Lipinski definition) is 1. The summed E-state index contributed by atoms with van der Waals surface area (Å²) in [6, 6.07) is 5.45. The van der Waals surface area contributed by atoms with Gasteiger partial charge in [0.2, 0.25) is 0 Å². The van der Waals surface area contributed by atoms with E-state index >= 15 is 0 Å². The second kappa shape index (κ2) is 5.61. The van der Waals surface area contributed by atoms with Gasteiger partial charge in [-0.1, -0.05) is 13.3 Å². The number of rotatable bonds is 5. The molecule has 0 amide bonds. The van der Waals surface area contributed by atoms with Crippen LogP contribution in [0.25, 0.3) is 0 Å². The fourth-order valence-electron chi connectivity index (χ4n) is 1.53. The molecule has 1 rings (SSSR count). The van der Waals surface area contributed by atoms with Gasteiger partial charge in [0.25, 0.3) is 0 Å². The maximum Gasteiger partial charge on any atom is 0.124 e. The van der Waals surface area contributed by atoms with Gasteiger partial charge in [-0.05, 0) is 24.6 Å². The Bertz CT molecular complexity index is 310. The summed E-state index contributed by atoms with van der Waals surface area (Å²) in [6.07, 6.45) is 1.17. The third-order valence-electron chi connectivity index (χ3n) is 2.36. The van der Waals surface area contributed by atoms with Crippen LogP contribution in [0.5, 0.6) is 11.5 Å². The molecule has 0 bridgehead atoms. The summed E-state index contributed by atoms with van der Waals surface area (Å²) in [5.41, 5.74) is 0.790. The molecule has 0 fully saturated rings. The van der Waals surface area contributed by atoms with Crippen molar-refractivity contribution in [2.75, 3.05) is 14.2 Å². The first-order valence-electron chi connectivity index (χ1n) is 5.13. The van der Waals surface area contributed by atoms with Crippen LogP contribution in [0.3, 0.4) is 0 Å². The summed E-state index contributed by atoms with van der Waals surface area (Å²) in [7, 11) is 3.21. The topological polar surface area (TPSA) is 38.7 Å². The maximum atomic E-state index is 9.92. The van der Waals surface area contributed by atoms with E-state index in [2.05, 4.69) is 0 Å². The lowest BCUT2D eigenvalue weighted by Crippen LogP contribution is -2.00. The molecule has 3 nitrogen and oxygen atoms in total. The predicted molar refractivity (Wildman–Crippen MR) is 59.4 cm³/mol. The van der Waals surface area contributed by atoms with Gasteiger partial charge in [-0.15, -0.1) is 0 Å². The molecule has 0 spiro atoms. The molecule has 15 heavy (non-hydrogen) atoms. The van der Waals surface area contributed by atoms with Crippen LogP contribution in [0.15, 0.2) is 18.2 Å². The quantitative estimate of drug-likeness (QED) is 0.811. The van der Waals surface area contributed by atoms with Crippen molar-refractivity contribution < 1.29 is 14.6 Å². The third kappa shape index (κ3) is 2.86. The molecule has 84 valence electrons. The van der Waals surface area contributed by atoms with Crippen LogP contribution >= 0.6 is 0 Å². The van der Waals surface area contributed by atoms with Crippen molar-refractivity contribution in [3.8, 4) is 11.5 Å². The molecular weight excluding hydrogens is 192 g/mol. The minimum absolute atomic E-state index is 0.486. The van der Waals surface area contributed by atoms with Crippen LogP contribution < -0.4 is 9.47 Å². The van der Waals surface area contributed by atoms with Crippen molar-refractivity contribution in [2.45, 2.75) is 25.9 Å². The van der Waals surface area contributed by atoms with E-state index in [-0.39, 0.29) is 0 Å². The Hall–Kier alpha value is -1.22. The van der Waals surface area contributed by atoms with E-state index in [1.54, 1.807) is 14.2 Å². The molecule has 0 heterocycles. The van der Waals surface area contributed by atoms with E-state index in [1.807, 2.05) is 25.1 Å². The first kappa shape index (κ1) is 11.9. The predicted octanol–water partition coefficient (Wildman–Crippen LogP) is 2.54. The lowest BCUT2D eigenvalue weighted by molar-refractivity contribution is 0.162. The van der Waals surface area contributed by atoms with Gasteiger partial charge in [0.05, 0.1) is 20.3 Å². The van der Waals surface area contributed by atoms with Crippen LogP contribution in [0.1, 0.15) is 31.4 Å². The Morgan fingerprint density at radius 1 is 1.27 bits per heavy atom. The van der Waals surface area contributed by atoms with Crippen molar-refractivity contribution in [2.24, 2.45) is 0 Å². The number of hydrogen-bond acceptors (Lipinski definition) is 3. The zero-order chi connectivity index (χ0) is 11.3. The van der Waals surface area contributed by atoms with Gasteiger partial charge in [-0.2, -0.15) is 0 Å². The van der Waals surface area contributed by atoms with Gasteiger partial charge in [-0.3, -0.25) is 0 Å². The molecule has 0 radical (unpaired) electrons. The Morgan fingerprint density at radius 2 is 2.00 bits per heavy atom. The Kier molecular flexibility index (Phi) is 4.43. The van der Waals surface area contributed by atoms with Gasteiger partial charge in [-0.25, -0.2) is 0 Å². The fraction of sp³-hybridized carbons (Fsp3) is 0.500. The second-order valence-electron chi connectivity index (χ2n) is 3.41. The van der Waals surface area contributed by atoms with Gasteiger partial charge in [0.15, 0.2) is 0 Å². The van der Waals surface area contributed by atoms with E-state index in [0.29, 0.717) is 5.75 Å². The maximum absolute atomic E-state index is 9.92. The van der Waals surface area contributed by atoms with Crippen LogP contribution in [-0.4, -0.2) is 19.3 Å². The lowest BCUT2D eigenvalue weighted by atomic mass is 10.0. The molecule has 1 aromatic rings. The monoisotopic (exact) mass is 210 g/mol. The lowest BCUT2D eigenvalue weighted by Gasteiger charge is -2.15. The molecule has 0 saturated carbocycles. The Morgan fingerprint density at radius 3 is 2.53 bits per heavy atom. The first-order chi connectivity index (χ1) is 7.22. The molecular formula is C12H18O3. The van der Waals surface area contributed by atoms with Crippen LogP contribution in [0.4, 0.5) is 0 Å². The zero-order valence-corrected chi connectivity index (χ0v) is 9.49. The minimum atomic E-state index is -0.486. The van der Waals surface area contributed by atoms with Crippen LogP contribution in [0, 0.1) is 0 Å². The van der Waals surface area contributed by atoms with E-state index in [1.165, 1.54) is 0 Å². The molecule has 1 N–H and O–H groups in total. The number of aliphatic hydroxyl groups excluding tert-OH is 1. The van der Waals surface area contributed by atoms with Gasteiger partial charge < -0.3 is 14.6 Å². The highest BCUT2D eigenvalue weighted by Gasteiger charge is 2.13. The molecule has 0 saturated heterocycles. The summed E-state index contributed by atoms with van der Waals surface area (Å²) in [4.78, 5) is 0. The van der Waals surface area contributed by atoms with E-state index in [9.17, 15) is 5.11 Å². The van der Waals surface area contributed by atoms with Crippen molar-refractivity contribution in [1.82, 2.24) is 0 Å². The number of aliphatic hydroxyl groups is 1. The number of ether oxygens (including phenoxy) is 2. The molecule has 1 unspecified atom stereocenters. The summed E-state index contributed by atoms with van der Waals surface area (Å²) < 4.78 is 10.3. The molecule has 1 atom stereocenters. The molecule has 3 heteroatoms. The molecule has 1 aromatic carbocycles. The first-order valence-corrected chi connectivity index (χ1v) is 5.13. The Labute approximate surface area is 90.6 Å². The van der Waals surface area contributed by atoms with Gasteiger partial charge in [0, 0.05) is 5.56 Å². The fourth-order valence-corrected chi connectivity index (χ4v) is 1.53. The Balaban J connectivity index is 3.00. The highest BCUT2D eigenvalue weighted by atomic mass is 16.5. The highest BCUT2D eigenvalue weighted by molar-refractivity contribution is 5.41. The van der Waals surface area contributed by atoms with Crippen LogP contribution in [0.2, 0.25) is 0 Å². The van der Waals surface area contributed by atoms with Gasteiger partial charge >= 0.3 is 0 Å². The number of methoxy groups -OCH3 is 2. The smallest absolute Gasteiger partial charge is 0.124 e. The molecule has 0 aromatic heterocycles. The summed E-state index contributed by atoms with van der Waals surface area (Å²) >= 11 is 0. The minimum Gasteiger partial charge on any atom is -0.497 e. The summed E-state index contributed by atoms with van der Waals surface area (Å²) in [5.74, 6) is 1.44. The second-order valence-corrected chi connectivity index (χ2v) is 3.41. The molecule has 0 aliphatic rings. The largest absolute Gasteiger partial charge is 0.497 e. The normalized spacial score (nSPS) is 12.3. The SMILES string of the molecule is CCCC(O)c1cc(OC)ccc1OC. The summed E-state index contributed by atoms with van der Waals surface area (Å²) in [6.45, 7) is 2.04. The standard InChI is InChI=1S/C12H18O3/c1-4-5-11(13)10-8-9(14-2)6-7-12(10)15-3/h6-8,11,13H,4-5H2,1-3H3. The van der Waals surface area contributed by atoms with Crippen LogP contribution in [-0.2, 0) is 0 Å².